The first-order valence-electron chi connectivity index (χ1n) is 8.33. The topological polar surface area (TPSA) is 58.6 Å². The summed E-state index contributed by atoms with van der Waals surface area (Å²) < 4.78 is 5.17. The number of rotatable bonds is 4. The molecule has 5 nitrogen and oxygen atoms in total. The van der Waals surface area contributed by atoms with E-state index in [9.17, 15) is 9.59 Å². The number of likely N-dealkylation sites (tertiary alicyclic amines) is 1. The van der Waals surface area contributed by atoms with Crippen molar-refractivity contribution >= 4 is 11.9 Å². The largest absolute Gasteiger partial charge is 0.464 e. The Hall–Kier alpha value is -1.10. The lowest BCUT2D eigenvalue weighted by Gasteiger charge is -2.43. The van der Waals surface area contributed by atoms with Crippen molar-refractivity contribution in [1.82, 2.24) is 10.2 Å². The van der Waals surface area contributed by atoms with Crippen molar-refractivity contribution in [3.63, 3.8) is 0 Å². The van der Waals surface area contributed by atoms with Crippen molar-refractivity contribution < 1.29 is 14.3 Å². The predicted molar refractivity (Wildman–Crippen MR) is 80.8 cm³/mol. The molecular formula is C16H28N2O3. The minimum absolute atomic E-state index is 0.171. The first kappa shape index (κ1) is 16.3. The Morgan fingerprint density at radius 1 is 1.24 bits per heavy atom. The molecule has 1 atom stereocenters. The molecule has 2 rings (SSSR count). The summed E-state index contributed by atoms with van der Waals surface area (Å²) >= 11 is 0. The molecule has 0 radical (unpaired) electrons. The maximum atomic E-state index is 13.1. The Balaban J connectivity index is 2.15. The highest BCUT2D eigenvalue weighted by molar-refractivity contribution is 5.88. The van der Waals surface area contributed by atoms with E-state index >= 15 is 0 Å². The average molecular weight is 296 g/mol. The summed E-state index contributed by atoms with van der Waals surface area (Å²) in [5.41, 5.74) is -0.284. The number of amides is 1. The van der Waals surface area contributed by atoms with Gasteiger partial charge in [0, 0.05) is 6.54 Å². The van der Waals surface area contributed by atoms with Gasteiger partial charge in [-0.05, 0) is 58.5 Å². The third-order valence-electron chi connectivity index (χ3n) is 5.01. The van der Waals surface area contributed by atoms with Gasteiger partial charge < -0.3 is 15.0 Å². The second-order valence-corrected chi connectivity index (χ2v) is 6.15. The summed E-state index contributed by atoms with van der Waals surface area (Å²) in [5.74, 6) is -0.0602. The van der Waals surface area contributed by atoms with E-state index < -0.39 is 0 Å². The van der Waals surface area contributed by atoms with E-state index in [1.807, 2.05) is 11.8 Å². The van der Waals surface area contributed by atoms with Gasteiger partial charge in [0.1, 0.15) is 6.04 Å². The van der Waals surface area contributed by atoms with Crippen molar-refractivity contribution in [2.75, 3.05) is 26.2 Å². The van der Waals surface area contributed by atoms with Crippen LogP contribution in [0.3, 0.4) is 0 Å². The van der Waals surface area contributed by atoms with E-state index in [1.54, 1.807) is 0 Å². The van der Waals surface area contributed by atoms with Crippen LogP contribution in [0.4, 0.5) is 0 Å². The van der Waals surface area contributed by atoms with Crippen LogP contribution >= 0.6 is 0 Å². The minimum atomic E-state index is -0.371. The summed E-state index contributed by atoms with van der Waals surface area (Å²) in [6.45, 7) is 6.74. The van der Waals surface area contributed by atoms with Gasteiger partial charge in [0.25, 0.3) is 0 Å². The van der Waals surface area contributed by atoms with Crippen molar-refractivity contribution in [2.45, 2.75) is 58.4 Å². The van der Waals surface area contributed by atoms with Gasteiger partial charge in [-0.3, -0.25) is 4.79 Å². The van der Waals surface area contributed by atoms with Crippen LogP contribution in [0, 0.1) is 5.41 Å². The lowest BCUT2D eigenvalue weighted by molar-refractivity contribution is -0.162. The molecule has 0 bridgehead atoms. The van der Waals surface area contributed by atoms with Gasteiger partial charge in [-0.25, -0.2) is 4.79 Å². The molecule has 0 aromatic carbocycles. The van der Waals surface area contributed by atoms with E-state index in [-0.39, 0.29) is 23.3 Å². The molecule has 5 heteroatoms. The van der Waals surface area contributed by atoms with Gasteiger partial charge in [0.05, 0.1) is 12.0 Å². The van der Waals surface area contributed by atoms with Crippen molar-refractivity contribution in [3.8, 4) is 0 Å². The van der Waals surface area contributed by atoms with E-state index in [0.717, 1.165) is 51.6 Å². The van der Waals surface area contributed by atoms with Crippen LogP contribution < -0.4 is 5.32 Å². The molecule has 1 unspecified atom stereocenters. The van der Waals surface area contributed by atoms with Crippen LogP contribution in [0.25, 0.3) is 0 Å². The van der Waals surface area contributed by atoms with Crippen molar-refractivity contribution in [2.24, 2.45) is 5.41 Å². The van der Waals surface area contributed by atoms with Gasteiger partial charge in [-0.15, -0.1) is 0 Å². The van der Waals surface area contributed by atoms with Crippen LogP contribution in [0.1, 0.15) is 52.4 Å². The summed E-state index contributed by atoms with van der Waals surface area (Å²) in [7, 11) is 0. The molecular weight excluding hydrogens is 268 g/mol. The average Bonchev–Trinajstić information content (AvgIpc) is 2.55. The first-order valence-corrected chi connectivity index (χ1v) is 8.33. The monoisotopic (exact) mass is 296 g/mol. The van der Waals surface area contributed by atoms with E-state index in [1.165, 1.54) is 0 Å². The third kappa shape index (κ3) is 3.39. The zero-order valence-corrected chi connectivity index (χ0v) is 13.3. The van der Waals surface area contributed by atoms with Gasteiger partial charge in [0.15, 0.2) is 0 Å². The summed E-state index contributed by atoms with van der Waals surface area (Å²) in [6, 6.07) is -0.371. The molecule has 0 aliphatic carbocycles. The van der Waals surface area contributed by atoms with Gasteiger partial charge >= 0.3 is 5.97 Å². The molecule has 2 heterocycles. The number of carbonyl (C=O) groups is 2. The Labute approximate surface area is 127 Å². The number of carbonyl (C=O) groups excluding carboxylic acids is 2. The van der Waals surface area contributed by atoms with E-state index in [2.05, 4.69) is 12.2 Å². The fourth-order valence-corrected chi connectivity index (χ4v) is 3.59. The Morgan fingerprint density at radius 3 is 2.57 bits per heavy atom. The van der Waals surface area contributed by atoms with Crippen molar-refractivity contribution in [3.05, 3.63) is 0 Å². The van der Waals surface area contributed by atoms with Crippen molar-refractivity contribution in [1.29, 1.82) is 0 Å². The highest BCUT2D eigenvalue weighted by Crippen LogP contribution is 2.36. The molecule has 1 amide bonds. The molecule has 2 aliphatic rings. The zero-order valence-electron chi connectivity index (χ0n) is 13.3. The SMILES string of the molecule is CCOC(=O)C1CCCCN1C(=O)C1(CC)CCNCC1. The summed E-state index contributed by atoms with van der Waals surface area (Å²) in [5, 5.41) is 3.32. The molecule has 2 fully saturated rings. The Morgan fingerprint density at radius 2 is 1.95 bits per heavy atom. The number of hydrogen-bond donors (Lipinski definition) is 1. The normalized spacial score (nSPS) is 25.4. The van der Waals surface area contributed by atoms with Gasteiger partial charge in [-0.1, -0.05) is 6.92 Å². The Bertz CT molecular complexity index is 378. The maximum Gasteiger partial charge on any atom is 0.328 e. The highest BCUT2D eigenvalue weighted by Gasteiger charge is 2.44. The van der Waals surface area contributed by atoms with Crippen LogP contribution in [-0.2, 0) is 14.3 Å². The molecule has 1 N–H and O–H groups in total. The van der Waals surface area contributed by atoms with Gasteiger partial charge in [-0.2, -0.15) is 0 Å². The number of hydrogen-bond acceptors (Lipinski definition) is 4. The molecule has 120 valence electrons. The van der Waals surface area contributed by atoms with Crippen LogP contribution in [0.15, 0.2) is 0 Å². The molecule has 2 aliphatic heterocycles. The zero-order chi connectivity index (χ0) is 15.3. The number of nitrogens with one attached hydrogen (secondary N) is 1. The highest BCUT2D eigenvalue weighted by atomic mass is 16.5. The Kier molecular flexibility index (Phi) is 5.62. The number of esters is 1. The third-order valence-corrected chi connectivity index (χ3v) is 5.01. The first-order chi connectivity index (χ1) is 10.1. The quantitative estimate of drug-likeness (QED) is 0.802. The smallest absolute Gasteiger partial charge is 0.328 e. The second-order valence-electron chi connectivity index (χ2n) is 6.15. The summed E-state index contributed by atoms with van der Waals surface area (Å²) in [4.78, 5) is 27.1. The van der Waals surface area contributed by atoms with Gasteiger partial charge in [0.2, 0.25) is 5.91 Å². The van der Waals surface area contributed by atoms with Crippen LogP contribution in [0.5, 0.6) is 0 Å². The standard InChI is InChI=1S/C16H28N2O3/c1-3-16(8-10-17-11-9-16)15(20)18-12-6-5-7-13(18)14(19)21-4-2/h13,17H,3-12H2,1-2H3. The number of nitrogens with zero attached hydrogens (tertiary/aromatic N) is 1. The lowest BCUT2D eigenvalue weighted by atomic mass is 9.74. The summed E-state index contributed by atoms with van der Waals surface area (Å²) in [6.07, 6.45) is 5.30. The number of piperidine rings is 2. The fraction of sp³-hybridized carbons (Fsp3) is 0.875. The molecule has 0 spiro atoms. The lowest BCUT2D eigenvalue weighted by Crippen LogP contribution is -2.56. The number of ether oxygens (including phenoxy) is 1. The molecule has 2 saturated heterocycles. The minimum Gasteiger partial charge on any atom is -0.464 e. The molecule has 0 aromatic heterocycles. The molecule has 21 heavy (non-hydrogen) atoms. The van der Waals surface area contributed by atoms with Crippen LogP contribution in [0.2, 0.25) is 0 Å². The van der Waals surface area contributed by atoms with E-state index in [0.29, 0.717) is 13.2 Å². The van der Waals surface area contributed by atoms with Crippen LogP contribution in [-0.4, -0.2) is 49.1 Å². The fourth-order valence-electron chi connectivity index (χ4n) is 3.59. The predicted octanol–water partition coefficient (Wildman–Crippen LogP) is 1.71. The maximum absolute atomic E-state index is 13.1. The van der Waals surface area contributed by atoms with E-state index in [4.69, 9.17) is 4.74 Å². The second kappa shape index (κ2) is 7.25. The molecule has 0 saturated carbocycles. The molecule has 0 aromatic rings.